The number of carbonyl (C=O) groups excluding carboxylic acids is 1. The smallest absolute Gasteiger partial charge is 0.376 e. The molecule has 1 aliphatic rings. The first-order valence-corrected chi connectivity index (χ1v) is 9.43. The standard InChI is InChI=1S/C17H19F3N4O2S/c1-11-22-23-16(24(11)9-14-6-3-7-26-14)27-10-15(25)21-13-5-2-4-12(8-13)17(18,19)20/h2,4-5,8,14H,3,6-7,9-10H2,1H3,(H,21,25). The summed E-state index contributed by atoms with van der Waals surface area (Å²) in [7, 11) is 0. The van der Waals surface area contributed by atoms with Gasteiger partial charge in [0.05, 0.1) is 24.0 Å². The summed E-state index contributed by atoms with van der Waals surface area (Å²) in [5.74, 6) is 0.329. The number of carbonyl (C=O) groups is 1. The van der Waals surface area contributed by atoms with Gasteiger partial charge >= 0.3 is 6.18 Å². The van der Waals surface area contributed by atoms with E-state index in [0.717, 1.165) is 37.4 Å². The largest absolute Gasteiger partial charge is 0.416 e. The van der Waals surface area contributed by atoms with Crippen LogP contribution in [-0.2, 0) is 22.3 Å². The second-order valence-electron chi connectivity index (χ2n) is 6.19. The van der Waals surface area contributed by atoms with Gasteiger partial charge in [-0.25, -0.2) is 0 Å². The maximum absolute atomic E-state index is 12.7. The first-order valence-electron chi connectivity index (χ1n) is 8.44. The summed E-state index contributed by atoms with van der Waals surface area (Å²) in [6.07, 6.45) is -2.35. The van der Waals surface area contributed by atoms with Gasteiger partial charge in [-0.3, -0.25) is 4.79 Å². The summed E-state index contributed by atoms with van der Waals surface area (Å²) in [6, 6.07) is 4.54. The van der Waals surface area contributed by atoms with Crippen LogP contribution in [0.15, 0.2) is 29.4 Å². The second kappa shape index (κ2) is 8.30. The Bertz CT molecular complexity index is 804. The van der Waals surface area contributed by atoms with Crippen molar-refractivity contribution in [3.8, 4) is 0 Å². The third-order valence-corrected chi connectivity index (χ3v) is 5.08. The molecule has 0 saturated carbocycles. The van der Waals surface area contributed by atoms with E-state index in [1.54, 1.807) is 0 Å². The van der Waals surface area contributed by atoms with Crippen molar-refractivity contribution < 1.29 is 22.7 Å². The lowest BCUT2D eigenvalue weighted by molar-refractivity contribution is -0.137. The minimum absolute atomic E-state index is 0.0138. The highest BCUT2D eigenvalue weighted by molar-refractivity contribution is 7.99. The predicted molar refractivity (Wildman–Crippen MR) is 94.5 cm³/mol. The van der Waals surface area contributed by atoms with Crippen LogP contribution in [0.3, 0.4) is 0 Å². The van der Waals surface area contributed by atoms with E-state index in [0.29, 0.717) is 11.7 Å². The average Bonchev–Trinajstić information content (AvgIpc) is 3.24. The van der Waals surface area contributed by atoms with Crippen LogP contribution >= 0.6 is 11.8 Å². The predicted octanol–water partition coefficient (Wildman–Crippen LogP) is 3.52. The number of thioether (sulfide) groups is 1. The summed E-state index contributed by atoms with van der Waals surface area (Å²) < 4.78 is 45.8. The molecule has 1 aliphatic heterocycles. The SMILES string of the molecule is Cc1nnc(SCC(=O)Nc2cccc(C(F)(F)F)c2)n1CC1CCCO1. The van der Waals surface area contributed by atoms with Crippen molar-refractivity contribution in [2.45, 2.75) is 43.7 Å². The van der Waals surface area contributed by atoms with E-state index < -0.39 is 17.6 Å². The third kappa shape index (κ3) is 5.23. The number of anilines is 1. The lowest BCUT2D eigenvalue weighted by atomic mass is 10.2. The molecule has 1 fully saturated rings. The summed E-state index contributed by atoms with van der Waals surface area (Å²) in [5.41, 5.74) is -0.702. The van der Waals surface area contributed by atoms with E-state index in [2.05, 4.69) is 15.5 Å². The molecule has 1 aromatic heterocycles. The first-order chi connectivity index (χ1) is 12.8. The van der Waals surface area contributed by atoms with Crippen LogP contribution in [0.1, 0.15) is 24.2 Å². The Kier molecular flexibility index (Phi) is 6.05. The van der Waals surface area contributed by atoms with Crippen LogP contribution in [0.5, 0.6) is 0 Å². The number of halogens is 3. The van der Waals surface area contributed by atoms with Crippen molar-refractivity contribution in [1.29, 1.82) is 0 Å². The van der Waals surface area contributed by atoms with Gasteiger partial charge in [0, 0.05) is 12.3 Å². The van der Waals surface area contributed by atoms with E-state index in [1.807, 2.05) is 11.5 Å². The minimum Gasteiger partial charge on any atom is -0.376 e. The zero-order valence-electron chi connectivity index (χ0n) is 14.6. The van der Waals surface area contributed by atoms with Gasteiger partial charge in [0.1, 0.15) is 5.82 Å². The highest BCUT2D eigenvalue weighted by Gasteiger charge is 2.30. The molecule has 1 N–H and O–H groups in total. The fourth-order valence-electron chi connectivity index (χ4n) is 2.77. The number of rotatable bonds is 6. The molecule has 146 valence electrons. The molecule has 1 saturated heterocycles. The molecule has 0 aliphatic carbocycles. The third-order valence-electron chi connectivity index (χ3n) is 4.12. The number of hydrogen-bond acceptors (Lipinski definition) is 5. The maximum Gasteiger partial charge on any atom is 0.416 e. The number of alkyl halides is 3. The van der Waals surface area contributed by atoms with E-state index in [1.165, 1.54) is 23.9 Å². The average molecular weight is 400 g/mol. The molecule has 6 nitrogen and oxygen atoms in total. The molecule has 27 heavy (non-hydrogen) atoms. The van der Waals surface area contributed by atoms with Gasteiger partial charge in [-0.15, -0.1) is 10.2 Å². The first kappa shape index (κ1) is 19.7. The van der Waals surface area contributed by atoms with E-state index in [9.17, 15) is 18.0 Å². The summed E-state index contributed by atoms with van der Waals surface area (Å²) in [5, 5.41) is 11.2. The molecule has 3 rings (SSSR count). The Hall–Kier alpha value is -2.07. The number of benzene rings is 1. The molecular formula is C17H19F3N4O2S. The van der Waals surface area contributed by atoms with Crippen LogP contribution < -0.4 is 5.32 Å². The minimum atomic E-state index is -4.45. The van der Waals surface area contributed by atoms with E-state index >= 15 is 0 Å². The van der Waals surface area contributed by atoms with Gasteiger partial charge in [-0.1, -0.05) is 17.8 Å². The zero-order chi connectivity index (χ0) is 19.4. The monoisotopic (exact) mass is 400 g/mol. The lowest BCUT2D eigenvalue weighted by Crippen LogP contribution is -2.18. The van der Waals surface area contributed by atoms with Crippen molar-refractivity contribution in [2.24, 2.45) is 0 Å². The number of aromatic nitrogens is 3. The van der Waals surface area contributed by atoms with Crippen molar-refractivity contribution in [1.82, 2.24) is 14.8 Å². The molecule has 1 aromatic carbocycles. The molecule has 10 heteroatoms. The molecule has 0 radical (unpaired) electrons. The van der Waals surface area contributed by atoms with Crippen molar-refractivity contribution in [3.63, 3.8) is 0 Å². The number of hydrogen-bond donors (Lipinski definition) is 1. The Morgan fingerprint density at radius 3 is 2.93 bits per heavy atom. The quantitative estimate of drug-likeness (QED) is 0.752. The summed E-state index contributed by atoms with van der Waals surface area (Å²) in [6.45, 7) is 3.19. The van der Waals surface area contributed by atoms with Crippen LogP contribution in [0.4, 0.5) is 18.9 Å². The maximum atomic E-state index is 12.7. The highest BCUT2D eigenvalue weighted by Crippen LogP contribution is 2.30. The Morgan fingerprint density at radius 1 is 1.41 bits per heavy atom. The van der Waals surface area contributed by atoms with Crippen LogP contribution in [0.25, 0.3) is 0 Å². The van der Waals surface area contributed by atoms with Gasteiger partial charge in [0.15, 0.2) is 5.16 Å². The highest BCUT2D eigenvalue weighted by atomic mass is 32.2. The Balaban J connectivity index is 1.58. The topological polar surface area (TPSA) is 69.0 Å². The normalized spacial score (nSPS) is 17.3. The van der Waals surface area contributed by atoms with Crippen LogP contribution in [-0.4, -0.2) is 39.1 Å². The van der Waals surface area contributed by atoms with Crippen molar-refractivity contribution >= 4 is 23.4 Å². The molecule has 0 spiro atoms. The summed E-state index contributed by atoms with van der Waals surface area (Å²) in [4.78, 5) is 12.1. The number of ether oxygens (including phenoxy) is 1. The molecular weight excluding hydrogens is 381 g/mol. The fourth-order valence-corrected chi connectivity index (χ4v) is 3.56. The number of nitrogens with one attached hydrogen (secondary N) is 1. The van der Waals surface area contributed by atoms with Gasteiger partial charge in [-0.05, 0) is 38.0 Å². The molecule has 2 aromatic rings. The Morgan fingerprint density at radius 2 is 2.22 bits per heavy atom. The molecule has 2 heterocycles. The zero-order valence-corrected chi connectivity index (χ0v) is 15.4. The lowest BCUT2D eigenvalue weighted by Gasteiger charge is -2.13. The van der Waals surface area contributed by atoms with Gasteiger partial charge in [0.25, 0.3) is 0 Å². The van der Waals surface area contributed by atoms with Crippen LogP contribution in [0.2, 0.25) is 0 Å². The number of amides is 1. The van der Waals surface area contributed by atoms with Crippen molar-refractivity contribution in [3.05, 3.63) is 35.7 Å². The van der Waals surface area contributed by atoms with Gasteiger partial charge in [-0.2, -0.15) is 13.2 Å². The molecule has 1 amide bonds. The summed E-state index contributed by atoms with van der Waals surface area (Å²) >= 11 is 1.19. The molecule has 1 unspecified atom stereocenters. The van der Waals surface area contributed by atoms with Crippen LogP contribution in [0, 0.1) is 6.92 Å². The van der Waals surface area contributed by atoms with E-state index in [-0.39, 0.29) is 17.5 Å². The Labute approximate surface area is 158 Å². The van der Waals surface area contributed by atoms with E-state index in [4.69, 9.17) is 4.74 Å². The number of aryl methyl sites for hydroxylation is 1. The van der Waals surface area contributed by atoms with Crippen molar-refractivity contribution in [2.75, 3.05) is 17.7 Å². The fraction of sp³-hybridized carbons (Fsp3) is 0.471. The number of nitrogens with zero attached hydrogens (tertiary/aromatic N) is 3. The van der Waals surface area contributed by atoms with Gasteiger partial charge < -0.3 is 14.6 Å². The van der Waals surface area contributed by atoms with Gasteiger partial charge in [0.2, 0.25) is 5.91 Å². The molecule has 0 bridgehead atoms. The molecule has 1 atom stereocenters. The second-order valence-corrected chi connectivity index (χ2v) is 7.13.